The fraction of sp³-hybridized carbons (Fsp3) is 0.111. The first-order chi connectivity index (χ1) is 6.81. The average molecular weight is 188 g/mol. The Kier molecular flexibility index (Phi) is 1.95. The molecule has 0 bridgehead atoms. The average Bonchev–Trinajstić information content (AvgIpc) is 2.63. The summed E-state index contributed by atoms with van der Waals surface area (Å²) in [5, 5.41) is 12.5. The second-order valence-electron chi connectivity index (χ2n) is 2.72. The van der Waals surface area contributed by atoms with Crippen molar-refractivity contribution in [2.45, 2.75) is 6.42 Å². The van der Waals surface area contributed by atoms with Crippen molar-refractivity contribution in [3.63, 3.8) is 0 Å². The normalized spacial score (nSPS) is 9.71. The molecule has 5 heteroatoms. The van der Waals surface area contributed by atoms with Gasteiger partial charge >= 0.3 is 0 Å². The van der Waals surface area contributed by atoms with Gasteiger partial charge in [-0.2, -0.15) is 5.10 Å². The highest BCUT2D eigenvalue weighted by Gasteiger charge is 2.02. The number of hydrogen-bond donors (Lipinski definition) is 2. The molecule has 0 fully saturated rings. The van der Waals surface area contributed by atoms with Crippen molar-refractivity contribution in [3.05, 3.63) is 24.2 Å². The molecule has 14 heavy (non-hydrogen) atoms. The highest BCUT2D eigenvalue weighted by molar-refractivity contribution is 5.64. The second kappa shape index (κ2) is 3.26. The van der Waals surface area contributed by atoms with Crippen molar-refractivity contribution >= 4 is 11.3 Å². The van der Waals surface area contributed by atoms with E-state index in [1.165, 1.54) is 0 Å². The molecule has 0 saturated heterocycles. The summed E-state index contributed by atoms with van der Waals surface area (Å²) in [5.41, 5.74) is 6.46. The first kappa shape index (κ1) is 8.38. The van der Waals surface area contributed by atoms with Crippen molar-refractivity contribution in [3.8, 4) is 12.0 Å². The van der Waals surface area contributed by atoms with Gasteiger partial charge < -0.3 is 10.8 Å². The SMILES string of the molecule is Nc1nc(CC#CO)nn2cccc12. The van der Waals surface area contributed by atoms with Crippen LogP contribution in [0.3, 0.4) is 0 Å². The summed E-state index contributed by atoms with van der Waals surface area (Å²) in [6.45, 7) is 0. The minimum Gasteiger partial charge on any atom is -0.462 e. The molecule has 0 amide bonds. The smallest absolute Gasteiger partial charge is 0.163 e. The molecule has 0 spiro atoms. The van der Waals surface area contributed by atoms with Crippen LogP contribution in [-0.4, -0.2) is 19.7 Å². The predicted octanol–water partition coefficient (Wildman–Crippen LogP) is 0.187. The zero-order valence-corrected chi connectivity index (χ0v) is 7.31. The highest BCUT2D eigenvalue weighted by Crippen LogP contribution is 2.09. The lowest BCUT2D eigenvalue weighted by Gasteiger charge is -2.00. The summed E-state index contributed by atoms with van der Waals surface area (Å²) in [7, 11) is 0. The van der Waals surface area contributed by atoms with Crippen LogP contribution in [0.25, 0.3) is 5.52 Å². The van der Waals surface area contributed by atoms with Gasteiger partial charge in [-0.1, -0.05) is 5.92 Å². The molecule has 70 valence electrons. The van der Waals surface area contributed by atoms with Crippen molar-refractivity contribution in [1.29, 1.82) is 0 Å². The van der Waals surface area contributed by atoms with Crippen LogP contribution in [-0.2, 0) is 6.42 Å². The van der Waals surface area contributed by atoms with Crippen LogP contribution in [0.2, 0.25) is 0 Å². The summed E-state index contributed by atoms with van der Waals surface area (Å²) in [4.78, 5) is 4.04. The Bertz CT molecular complexity index is 520. The molecule has 0 aromatic carbocycles. The molecule has 0 radical (unpaired) electrons. The Morgan fingerprint density at radius 2 is 2.43 bits per heavy atom. The molecule has 2 aromatic heterocycles. The van der Waals surface area contributed by atoms with E-state index in [0.717, 1.165) is 5.52 Å². The van der Waals surface area contributed by atoms with E-state index in [2.05, 4.69) is 16.0 Å². The maximum atomic E-state index is 8.32. The van der Waals surface area contributed by atoms with Gasteiger partial charge in [-0.15, -0.1) is 0 Å². The number of anilines is 1. The second-order valence-corrected chi connectivity index (χ2v) is 2.72. The van der Waals surface area contributed by atoms with E-state index in [1.54, 1.807) is 16.8 Å². The van der Waals surface area contributed by atoms with Gasteiger partial charge in [0.05, 0.1) is 6.42 Å². The zero-order valence-electron chi connectivity index (χ0n) is 7.31. The van der Waals surface area contributed by atoms with Gasteiger partial charge in [-0.05, 0) is 12.1 Å². The topological polar surface area (TPSA) is 76.4 Å². The lowest BCUT2D eigenvalue weighted by molar-refractivity contribution is 0.516. The van der Waals surface area contributed by atoms with E-state index in [9.17, 15) is 0 Å². The number of fused-ring (bicyclic) bond motifs is 1. The summed E-state index contributed by atoms with van der Waals surface area (Å²) in [5.74, 6) is 3.37. The number of nitrogens with zero attached hydrogens (tertiary/aromatic N) is 3. The van der Waals surface area contributed by atoms with Crippen LogP contribution in [0.1, 0.15) is 5.82 Å². The minimum absolute atomic E-state index is 0.287. The van der Waals surface area contributed by atoms with Gasteiger partial charge in [0.1, 0.15) is 11.6 Å². The first-order valence-corrected chi connectivity index (χ1v) is 4.03. The molecular weight excluding hydrogens is 180 g/mol. The molecule has 5 nitrogen and oxygen atoms in total. The maximum Gasteiger partial charge on any atom is 0.163 e. The molecule has 3 N–H and O–H groups in total. The quantitative estimate of drug-likeness (QED) is 0.626. The fourth-order valence-corrected chi connectivity index (χ4v) is 1.20. The van der Waals surface area contributed by atoms with Crippen molar-refractivity contribution in [2.24, 2.45) is 0 Å². The van der Waals surface area contributed by atoms with E-state index >= 15 is 0 Å². The van der Waals surface area contributed by atoms with Crippen molar-refractivity contribution in [1.82, 2.24) is 14.6 Å². The Hall–Kier alpha value is -2.22. The summed E-state index contributed by atoms with van der Waals surface area (Å²) in [6.07, 6.45) is 3.86. The molecular formula is C9H8N4O. The zero-order chi connectivity index (χ0) is 9.97. The number of nitrogens with two attached hydrogens (primary N) is 1. The Morgan fingerprint density at radius 3 is 3.21 bits per heavy atom. The Labute approximate surface area is 80.2 Å². The van der Waals surface area contributed by atoms with Crippen LogP contribution >= 0.6 is 0 Å². The summed E-state index contributed by atoms with van der Waals surface area (Å²) >= 11 is 0. The third-order valence-corrected chi connectivity index (χ3v) is 1.79. The van der Waals surface area contributed by atoms with Gasteiger partial charge in [0, 0.05) is 6.20 Å². The lowest BCUT2D eigenvalue weighted by Crippen LogP contribution is -2.04. The number of nitrogen functional groups attached to an aromatic ring is 1. The van der Waals surface area contributed by atoms with E-state index in [4.69, 9.17) is 10.8 Å². The van der Waals surface area contributed by atoms with Crippen LogP contribution in [0.4, 0.5) is 5.82 Å². The van der Waals surface area contributed by atoms with Gasteiger partial charge in [-0.25, -0.2) is 9.50 Å². The Balaban J connectivity index is 2.51. The number of aliphatic hydroxyl groups excluding tert-OH is 1. The van der Waals surface area contributed by atoms with Gasteiger partial charge in [-0.3, -0.25) is 0 Å². The van der Waals surface area contributed by atoms with Crippen LogP contribution in [0.15, 0.2) is 18.3 Å². The number of rotatable bonds is 1. The number of aliphatic hydroxyl groups is 1. The summed E-state index contributed by atoms with van der Waals surface area (Å²) in [6, 6.07) is 3.67. The standard InChI is InChI=1S/C9H8N4O/c10-9-7-3-1-5-13(7)12-8(11-9)4-2-6-14/h1,3,5,14H,4H2,(H2,10,11,12). The fourth-order valence-electron chi connectivity index (χ4n) is 1.20. The summed E-state index contributed by atoms with van der Waals surface area (Å²) < 4.78 is 1.64. The third kappa shape index (κ3) is 1.33. The van der Waals surface area contributed by atoms with Crippen LogP contribution < -0.4 is 5.73 Å². The molecule has 2 rings (SSSR count). The van der Waals surface area contributed by atoms with E-state index in [0.29, 0.717) is 11.6 Å². The molecule has 2 heterocycles. The monoisotopic (exact) mass is 188 g/mol. The van der Waals surface area contributed by atoms with Crippen LogP contribution in [0, 0.1) is 12.0 Å². The molecule has 0 saturated carbocycles. The maximum absolute atomic E-state index is 8.32. The minimum atomic E-state index is 0.287. The number of aromatic nitrogens is 3. The molecule has 0 aliphatic carbocycles. The molecule has 0 aliphatic heterocycles. The molecule has 0 unspecified atom stereocenters. The number of hydrogen-bond acceptors (Lipinski definition) is 4. The van der Waals surface area contributed by atoms with Crippen molar-refractivity contribution in [2.75, 3.05) is 5.73 Å². The van der Waals surface area contributed by atoms with Crippen LogP contribution in [0.5, 0.6) is 0 Å². The molecule has 2 aromatic rings. The van der Waals surface area contributed by atoms with Gasteiger partial charge in [0.25, 0.3) is 0 Å². The van der Waals surface area contributed by atoms with Crippen molar-refractivity contribution < 1.29 is 5.11 Å². The Morgan fingerprint density at radius 1 is 1.57 bits per heavy atom. The third-order valence-electron chi connectivity index (χ3n) is 1.79. The molecule has 0 aliphatic rings. The molecule has 0 atom stereocenters. The van der Waals surface area contributed by atoms with E-state index in [1.807, 2.05) is 12.1 Å². The lowest BCUT2D eigenvalue weighted by atomic mass is 10.4. The largest absolute Gasteiger partial charge is 0.462 e. The predicted molar refractivity (Wildman–Crippen MR) is 50.8 cm³/mol. The van der Waals surface area contributed by atoms with Gasteiger partial charge in [0.15, 0.2) is 11.6 Å². The highest BCUT2D eigenvalue weighted by atomic mass is 16.2. The van der Waals surface area contributed by atoms with Gasteiger partial charge in [0.2, 0.25) is 0 Å². The first-order valence-electron chi connectivity index (χ1n) is 4.03. The van der Waals surface area contributed by atoms with E-state index < -0.39 is 0 Å². The van der Waals surface area contributed by atoms with E-state index in [-0.39, 0.29) is 6.42 Å².